The van der Waals surface area contributed by atoms with Crippen molar-refractivity contribution < 1.29 is 0 Å². The third-order valence-corrected chi connectivity index (χ3v) is 4.27. The largest absolute Gasteiger partial charge is 0.398 e. The number of aryl methyl sites for hydroxylation is 2. The molecule has 6 heteroatoms. The van der Waals surface area contributed by atoms with Crippen molar-refractivity contribution in [2.24, 2.45) is 0 Å². The second-order valence-electron chi connectivity index (χ2n) is 4.89. The Balaban J connectivity index is 2.20. The van der Waals surface area contributed by atoms with Crippen molar-refractivity contribution in [3.05, 3.63) is 52.0 Å². The zero-order valence-electron chi connectivity index (χ0n) is 11.7. The van der Waals surface area contributed by atoms with Gasteiger partial charge >= 0.3 is 0 Å². The smallest absolute Gasteiger partial charge is 0.189 e. The van der Waals surface area contributed by atoms with Gasteiger partial charge < -0.3 is 5.73 Å². The van der Waals surface area contributed by atoms with Crippen molar-refractivity contribution in [3.8, 4) is 17.1 Å². The molecule has 0 bridgehead atoms. The van der Waals surface area contributed by atoms with Gasteiger partial charge in [0.15, 0.2) is 5.82 Å². The molecule has 0 aliphatic rings. The van der Waals surface area contributed by atoms with Crippen LogP contribution in [-0.4, -0.2) is 20.2 Å². The van der Waals surface area contributed by atoms with Gasteiger partial charge in [-0.3, -0.25) is 0 Å². The molecule has 0 saturated carbocycles. The first kappa shape index (κ1) is 13.8. The Morgan fingerprint density at radius 1 is 1.10 bits per heavy atom. The molecule has 0 fully saturated rings. The molecular weight excluding hydrogens is 330 g/mol. The number of aromatic nitrogens is 4. The Bertz CT molecular complexity index is 789. The van der Waals surface area contributed by atoms with Crippen LogP contribution in [0.3, 0.4) is 0 Å². The van der Waals surface area contributed by atoms with Crippen LogP contribution in [0.15, 0.2) is 40.9 Å². The number of rotatable bonds is 2. The molecule has 3 aromatic rings. The third-order valence-electron chi connectivity index (χ3n) is 3.38. The minimum Gasteiger partial charge on any atom is -0.398 e. The summed E-state index contributed by atoms with van der Waals surface area (Å²) >= 11 is 3.50. The summed E-state index contributed by atoms with van der Waals surface area (Å²) in [7, 11) is 0. The van der Waals surface area contributed by atoms with Gasteiger partial charge in [0, 0.05) is 15.7 Å². The van der Waals surface area contributed by atoms with E-state index in [0.717, 1.165) is 26.9 Å². The van der Waals surface area contributed by atoms with Crippen LogP contribution >= 0.6 is 15.9 Å². The van der Waals surface area contributed by atoms with Gasteiger partial charge in [0.25, 0.3) is 0 Å². The maximum Gasteiger partial charge on any atom is 0.189 e. The fourth-order valence-electron chi connectivity index (χ4n) is 2.27. The van der Waals surface area contributed by atoms with Gasteiger partial charge in [0.2, 0.25) is 0 Å². The van der Waals surface area contributed by atoms with Crippen LogP contribution in [0.4, 0.5) is 5.69 Å². The van der Waals surface area contributed by atoms with E-state index in [9.17, 15) is 0 Å². The molecule has 2 N–H and O–H groups in total. The lowest BCUT2D eigenvalue weighted by molar-refractivity contribution is 0.790. The van der Waals surface area contributed by atoms with Crippen LogP contribution in [-0.2, 0) is 0 Å². The van der Waals surface area contributed by atoms with E-state index in [1.54, 1.807) is 4.68 Å². The van der Waals surface area contributed by atoms with Crippen molar-refractivity contribution in [1.29, 1.82) is 0 Å². The number of tetrazole rings is 1. The Morgan fingerprint density at radius 2 is 1.90 bits per heavy atom. The highest BCUT2D eigenvalue weighted by Gasteiger charge is 2.15. The summed E-state index contributed by atoms with van der Waals surface area (Å²) < 4.78 is 2.76. The lowest BCUT2D eigenvalue weighted by Gasteiger charge is -2.10. The number of nitrogen functional groups attached to an aromatic ring is 1. The SMILES string of the molecule is Cc1cc(-n2nnnc2-c2c(C)cccc2N)ccc1Br. The van der Waals surface area contributed by atoms with Crippen LogP contribution < -0.4 is 5.73 Å². The minimum atomic E-state index is 0.646. The fraction of sp³-hybridized carbons (Fsp3) is 0.133. The summed E-state index contributed by atoms with van der Waals surface area (Å²) in [5.74, 6) is 0.646. The van der Waals surface area contributed by atoms with Crippen LogP contribution in [0.5, 0.6) is 0 Å². The number of benzene rings is 2. The molecule has 1 heterocycles. The summed E-state index contributed by atoms with van der Waals surface area (Å²) in [6.45, 7) is 4.03. The summed E-state index contributed by atoms with van der Waals surface area (Å²) in [4.78, 5) is 0. The number of anilines is 1. The van der Waals surface area contributed by atoms with Crippen molar-refractivity contribution in [2.75, 3.05) is 5.73 Å². The Labute approximate surface area is 130 Å². The third kappa shape index (κ3) is 2.42. The van der Waals surface area contributed by atoms with Crippen LogP contribution in [0, 0.1) is 13.8 Å². The normalized spacial score (nSPS) is 10.8. The second-order valence-corrected chi connectivity index (χ2v) is 5.74. The average Bonchev–Trinajstić information content (AvgIpc) is 2.91. The molecule has 0 amide bonds. The summed E-state index contributed by atoms with van der Waals surface area (Å²) in [6, 6.07) is 11.7. The number of halogens is 1. The first-order valence-electron chi connectivity index (χ1n) is 6.48. The summed E-state index contributed by atoms with van der Waals surface area (Å²) in [6.07, 6.45) is 0. The topological polar surface area (TPSA) is 69.6 Å². The molecule has 5 nitrogen and oxygen atoms in total. The predicted octanol–water partition coefficient (Wildman–Crippen LogP) is 3.29. The molecule has 0 spiro atoms. The van der Waals surface area contributed by atoms with E-state index in [1.165, 1.54) is 0 Å². The quantitative estimate of drug-likeness (QED) is 0.725. The van der Waals surface area contributed by atoms with Gasteiger partial charge in [-0.1, -0.05) is 28.1 Å². The number of nitrogens with zero attached hydrogens (tertiary/aromatic N) is 4. The molecule has 1 aromatic heterocycles. The fourth-order valence-corrected chi connectivity index (χ4v) is 2.52. The van der Waals surface area contributed by atoms with E-state index < -0.39 is 0 Å². The van der Waals surface area contributed by atoms with Gasteiger partial charge in [0.05, 0.1) is 5.69 Å². The van der Waals surface area contributed by atoms with Gasteiger partial charge in [-0.15, -0.1) is 5.10 Å². The average molecular weight is 344 g/mol. The van der Waals surface area contributed by atoms with E-state index in [2.05, 4.69) is 31.5 Å². The highest BCUT2D eigenvalue weighted by molar-refractivity contribution is 9.10. The second kappa shape index (κ2) is 5.29. The monoisotopic (exact) mass is 343 g/mol. The maximum atomic E-state index is 6.10. The zero-order valence-corrected chi connectivity index (χ0v) is 13.3. The highest BCUT2D eigenvalue weighted by atomic mass is 79.9. The first-order valence-corrected chi connectivity index (χ1v) is 7.27. The predicted molar refractivity (Wildman–Crippen MR) is 86.2 cm³/mol. The van der Waals surface area contributed by atoms with Crippen molar-refractivity contribution in [2.45, 2.75) is 13.8 Å². The van der Waals surface area contributed by atoms with E-state index >= 15 is 0 Å². The minimum absolute atomic E-state index is 0.646. The molecule has 3 rings (SSSR count). The van der Waals surface area contributed by atoms with Gasteiger partial charge in [-0.25, -0.2) is 0 Å². The van der Waals surface area contributed by atoms with Gasteiger partial charge in [-0.2, -0.15) is 4.68 Å². The molecule has 0 aliphatic carbocycles. The van der Waals surface area contributed by atoms with Crippen LogP contribution in [0.1, 0.15) is 11.1 Å². The summed E-state index contributed by atoms with van der Waals surface area (Å²) in [5.41, 5.74) is 10.7. The zero-order chi connectivity index (χ0) is 15.0. The molecule has 21 heavy (non-hydrogen) atoms. The molecule has 0 aliphatic heterocycles. The van der Waals surface area contributed by atoms with Crippen molar-refractivity contribution >= 4 is 21.6 Å². The van der Waals surface area contributed by atoms with Gasteiger partial charge in [0.1, 0.15) is 0 Å². The Morgan fingerprint density at radius 3 is 2.62 bits per heavy atom. The molecular formula is C15H14BrN5. The van der Waals surface area contributed by atoms with Gasteiger partial charge in [-0.05, 0) is 59.7 Å². The van der Waals surface area contributed by atoms with E-state index in [0.29, 0.717) is 11.5 Å². The van der Waals surface area contributed by atoms with E-state index in [4.69, 9.17) is 5.73 Å². The van der Waals surface area contributed by atoms with E-state index in [-0.39, 0.29) is 0 Å². The Kier molecular flexibility index (Phi) is 3.47. The van der Waals surface area contributed by atoms with Crippen LogP contribution in [0.25, 0.3) is 17.1 Å². The number of hydrogen-bond acceptors (Lipinski definition) is 4. The standard InChI is InChI=1S/C15H14BrN5/c1-9-4-3-5-13(17)14(9)15-18-19-20-21(15)11-6-7-12(16)10(2)8-11/h3-8H,17H2,1-2H3. The maximum absolute atomic E-state index is 6.10. The Hall–Kier alpha value is -2.21. The summed E-state index contributed by atoms with van der Waals surface area (Å²) in [5, 5.41) is 12.1. The van der Waals surface area contributed by atoms with Crippen molar-refractivity contribution in [3.63, 3.8) is 0 Å². The van der Waals surface area contributed by atoms with E-state index in [1.807, 2.05) is 50.2 Å². The lowest BCUT2D eigenvalue weighted by atomic mass is 10.1. The first-order chi connectivity index (χ1) is 10.1. The molecule has 2 aromatic carbocycles. The molecule has 0 radical (unpaired) electrons. The van der Waals surface area contributed by atoms with Crippen molar-refractivity contribution in [1.82, 2.24) is 20.2 Å². The van der Waals surface area contributed by atoms with Crippen LogP contribution in [0.2, 0.25) is 0 Å². The molecule has 0 atom stereocenters. The molecule has 0 unspecified atom stereocenters. The number of hydrogen-bond donors (Lipinski definition) is 1. The number of nitrogens with two attached hydrogens (primary N) is 1. The lowest BCUT2D eigenvalue weighted by Crippen LogP contribution is -2.03. The molecule has 106 valence electrons. The molecule has 0 saturated heterocycles. The highest BCUT2D eigenvalue weighted by Crippen LogP contribution is 2.29.